The molecule has 2 aromatic rings. The van der Waals surface area contributed by atoms with Gasteiger partial charge < -0.3 is 24.0 Å². The van der Waals surface area contributed by atoms with Gasteiger partial charge >= 0.3 is 0 Å². The summed E-state index contributed by atoms with van der Waals surface area (Å²) in [5.74, 6) is -0.873. The minimum Gasteiger partial charge on any atom is -0.484 e. The lowest BCUT2D eigenvalue weighted by Crippen LogP contribution is -2.64. The van der Waals surface area contributed by atoms with E-state index in [-0.39, 0.29) is 37.3 Å². The molecule has 33 heavy (non-hydrogen) atoms. The Kier molecular flexibility index (Phi) is 5.80. The van der Waals surface area contributed by atoms with E-state index in [4.69, 9.17) is 14.2 Å². The van der Waals surface area contributed by atoms with Gasteiger partial charge in [0.25, 0.3) is 5.91 Å². The number of ether oxygens (including phenoxy) is 3. The number of morpholine rings is 2. The van der Waals surface area contributed by atoms with Gasteiger partial charge in [0.05, 0.1) is 31.7 Å². The van der Waals surface area contributed by atoms with E-state index >= 15 is 0 Å². The number of para-hydroxylation sites is 1. The van der Waals surface area contributed by atoms with Gasteiger partial charge in [-0.2, -0.15) is 0 Å². The lowest BCUT2D eigenvalue weighted by Gasteiger charge is -2.47. The topological polar surface area (TPSA) is 68.3 Å². The first-order valence-corrected chi connectivity index (χ1v) is 11.3. The largest absolute Gasteiger partial charge is 0.484 e. The minimum atomic E-state index is -1.05. The number of rotatable bonds is 5. The average Bonchev–Trinajstić information content (AvgIpc) is 3.65. The Morgan fingerprint density at radius 3 is 2.21 bits per heavy atom. The Hall–Kier alpha value is -2.97. The number of halogens is 1. The molecule has 3 fully saturated rings. The highest BCUT2D eigenvalue weighted by Crippen LogP contribution is 2.50. The summed E-state index contributed by atoms with van der Waals surface area (Å²) >= 11 is 0. The van der Waals surface area contributed by atoms with Crippen LogP contribution in [0.1, 0.15) is 18.4 Å². The van der Waals surface area contributed by atoms with Crippen molar-refractivity contribution in [3.05, 3.63) is 66.0 Å². The van der Waals surface area contributed by atoms with Gasteiger partial charge in [0.15, 0.2) is 6.61 Å². The molecule has 2 aliphatic heterocycles. The van der Waals surface area contributed by atoms with Crippen LogP contribution in [-0.2, 0) is 24.5 Å². The second kappa shape index (κ2) is 8.76. The maximum atomic E-state index is 13.5. The van der Waals surface area contributed by atoms with Crippen LogP contribution in [0.25, 0.3) is 0 Å². The summed E-state index contributed by atoms with van der Waals surface area (Å²) in [6.07, 6.45) is 1.48. The van der Waals surface area contributed by atoms with Gasteiger partial charge in [-0.15, -0.1) is 0 Å². The van der Waals surface area contributed by atoms with Gasteiger partial charge in [-0.3, -0.25) is 9.59 Å². The van der Waals surface area contributed by atoms with Crippen LogP contribution in [-0.4, -0.2) is 73.4 Å². The maximum Gasteiger partial charge on any atom is 0.260 e. The molecule has 7 nitrogen and oxygen atoms in total. The zero-order valence-corrected chi connectivity index (χ0v) is 18.4. The van der Waals surface area contributed by atoms with Gasteiger partial charge in [-0.25, -0.2) is 4.39 Å². The molecule has 0 bridgehead atoms. The van der Waals surface area contributed by atoms with E-state index in [0.717, 1.165) is 18.4 Å². The van der Waals surface area contributed by atoms with E-state index in [0.29, 0.717) is 32.1 Å². The van der Waals surface area contributed by atoms with Crippen LogP contribution >= 0.6 is 0 Å². The first-order valence-electron chi connectivity index (χ1n) is 11.3. The van der Waals surface area contributed by atoms with Crippen LogP contribution in [0, 0.1) is 5.82 Å². The fourth-order valence-electron chi connectivity index (χ4n) is 4.66. The third-order valence-corrected chi connectivity index (χ3v) is 6.62. The number of hydrogen-bond acceptors (Lipinski definition) is 5. The molecule has 2 heterocycles. The van der Waals surface area contributed by atoms with Crippen molar-refractivity contribution in [2.24, 2.45) is 0 Å². The van der Waals surface area contributed by atoms with Crippen LogP contribution in [0.5, 0.6) is 5.75 Å². The summed E-state index contributed by atoms with van der Waals surface area (Å²) in [7, 11) is 0. The number of carbonyl (C=O) groups is 2. The predicted molar refractivity (Wildman–Crippen MR) is 117 cm³/mol. The van der Waals surface area contributed by atoms with Crippen LogP contribution in [0.15, 0.2) is 54.6 Å². The Morgan fingerprint density at radius 2 is 1.55 bits per heavy atom. The number of hydrogen-bond donors (Lipinski definition) is 0. The number of nitrogens with zero attached hydrogens (tertiary/aromatic N) is 2. The molecule has 2 amide bonds. The lowest BCUT2D eigenvalue weighted by atomic mass is 9.93. The molecule has 1 atom stereocenters. The second-order valence-corrected chi connectivity index (χ2v) is 8.84. The molecule has 2 aromatic carbocycles. The summed E-state index contributed by atoms with van der Waals surface area (Å²) in [5, 5.41) is 0. The smallest absolute Gasteiger partial charge is 0.260 e. The normalized spacial score (nSPS) is 23.9. The molecular weight excluding hydrogens is 427 g/mol. The highest BCUT2D eigenvalue weighted by Gasteiger charge is 2.55. The quantitative estimate of drug-likeness (QED) is 0.694. The molecular formula is C25H27FN2O5. The highest BCUT2D eigenvalue weighted by atomic mass is 19.1. The zero-order valence-electron chi connectivity index (χ0n) is 18.4. The zero-order chi connectivity index (χ0) is 22.9. The van der Waals surface area contributed by atoms with Crippen molar-refractivity contribution in [2.75, 3.05) is 46.0 Å². The molecule has 5 rings (SSSR count). The van der Waals surface area contributed by atoms with E-state index in [9.17, 15) is 14.0 Å². The molecule has 0 radical (unpaired) electrons. The average molecular weight is 454 g/mol. The van der Waals surface area contributed by atoms with E-state index in [2.05, 4.69) is 0 Å². The first-order chi connectivity index (χ1) is 16.0. The maximum absolute atomic E-state index is 13.5. The van der Waals surface area contributed by atoms with E-state index < -0.39 is 11.2 Å². The summed E-state index contributed by atoms with van der Waals surface area (Å²) < 4.78 is 30.9. The summed E-state index contributed by atoms with van der Waals surface area (Å²) in [5.41, 5.74) is 0.244. The number of carbonyl (C=O) groups excluding carboxylic acids is 2. The summed E-state index contributed by atoms with van der Waals surface area (Å²) in [6, 6.07) is 15.4. The van der Waals surface area contributed by atoms with Crippen molar-refractivity contribution in [3.63, 3.8) is 0 Å². The van der Waals surface area contributed by atoms with Crippen molar-refractivity contribution < 1.29 is 28.2 Å². The molecule has 0 aromatic heterocycles. The fraction of sp³-hybridized carbons (Fsp3) is 0.440. The molecule has 0 N–H and O–H groups in total. The predicted octanol–water partition coefficient (Wildman–Crippen LogP) is 2.35. The molecule has 1 unspecified atom stereocenters. The molecule has 8 heteroatoms. The molecule has 1 spiro atoms. The third kappa shape index (κ3) is 4.45. The van der Waals surface area contributed by atoms with Crippen LogP contribution < -0.4 is 4.74 Å². The van der Waals surface area contributed by atoms with Gasteiger partial charge in [0, 0.05) is 13.1 Å². The van der Waals surface area contributed by atoms with Gasteiger partial charge in [-0.1, -0.05) is 30.3 Å². The van der Waals surface area contributed by atoms with Gasteiger partial charge in [0.1, 0.15) is 11.6 Å². The molecule has 3 aliphatic rings. The number of amides is 2. The van der Waals surface area contributed by atoms with Gasteiger partial charge in [-0.05, 0) is 42.7 Å². The minimum absolute atomic E-state index is 0.0104. The number of benzene rings is 2. The Labute approximate surface area is 192 Å². The Balaban J connectivity index is 1.24. The third-order valence-electron chi connectivity index (χ3n) is 6.62. The van der Waals surface area contributed by atoms with Crippen LogP contribution in [0.3, 0.4) is 0 Å². The SMILES string of the molecule is O=C(COc1ccccc1)N1CCOC2(C1)CN(C(=O)C1(c3ccc(F)cc3)CC1)CCO2. The fourth-order valence-corrected chi connectivity index (χ4v) is 4.66. The molecule has 2 saturated heterocycles. The van der Waals surface area contributed by atoms with Crippen molar-refractivity contribution >= 4 is 11.8 Å². The van der Waals surface area contributed by atoms with Crippen LogP contribution in [0.2, 0.25) is 0 Å². The molecule has 174 valence electrons. The monoisotopic (exact) mass is 454 g/mol. The summed E-state index contributed by atoms with van der Waals surface area (Å²) in [4.78, 5) is 29.7. The van der Waals surface area contributed by atoms with Gasteiger partial charge in [0.2, 0.25) is 11.7 Å². The Morgan fingerprint density at radius 1 is 0.909 bits per heavy atom. The van der Waals surface area contributed by atoms with Crippen molar-refractivity contribution in [1.29, 1.82) is 0 Å². The molecule has 1 saturated carbocycles. The van der Waals surface area contributed by atoms with Crippen LogP contribution in [0.4, 0.5) is 4.39 Å². The molecule has 1 aliphatic carbocycles. The first kappa shape index (κ1) is 21.9. The second-order valence-electron chi connectivity index (χ2n) is 8.84. The summed E-state index contributed by atoms with van der Waals surface area (Å²) in [6.45, 7) is 1.95. The highest BCUT2D eigenvalue weighted by molar-refractivity contribution is 5.91. The Bertz CT molecular complexity index is 1010. The van der Waals surface area contributed by atoms with Crippen molar-refractivity contribution in [1.82, 2.24) is 9.80 Å². The lowest BCUT2D eigenvalue weighted by molar-refractivity contribution is -0.287. The van der Waals surface area contributed by atoms with Crippen molar-refractivity contribution in [3.8, 4) is 5.75 Å². The van der Waals surface area contributed by atoms with E-state index in [1.807, 2.05) is 18.2 Å². The standard InChI is InChI=1S/C25H27FN2O5/c26-20-8-6-19(7-9-20)24(10-11-24)23(30)28-13-15-33-25(18-28)17-27(12-14-32-25)22(29)16-31-21-4-2-1-3-5-21/h1-9H,10-18H2. The van der Waals surface area contributed by atoms with E-state index in [1.165, 1.54) is 12.1 Å². The van der Waals surface area contributed by atoms with Crippen molar-refractivity contribution in [2.45, 2.75) is 24.0 Å². The van der Waals surface area contributed by atoms with E-state index in [1.54, 1.807) is 34.1 Å².